The molecule has 0 N–H and O–H groups in total. The lowest BCUT2D eigenvalue weighted by molar-refractivity contribution is -0.208. The van der Waals surface area contributed by atoms with Crippen LogP contribution in [0.2, 0.25) is 0 Å². The zero-order valence-electron chi connectivity index (χ0n) is 15.7. The second kappa shape index (κ2) is 7.03. The molecule has 1 aliphatic heterocycles. The van der Waals surface area contributed by atoms with Gasteiger partial charge in [-0.15, -0.1) is 5.06 Å². The van der Waals surface area contributed by atoms with E-state index in [9.17, 15) is 9.59 Å². The van der Waals surface area contributed by atoms with Crippen molar-refractivity contribution in [3.05, 3.63) is 42.1 Å². The van der Waals surface area contributed by atoms with Crippen LogP contribution in [-0.4, -0.2) is 52.5 Å². The van der Waals surface area contributed by atoms with Crippen LogP contribution in [0.5, 0.6) is 0 Å². The van der Waals surface area contributed by atoms with Crippen molar-refractivity contribution in [2.75, 3.05) is 19.6 Å². The number of hydrogen-bond acceptors (Lipinski definition) is 5. The smallest absolute Gasteiger partial charge is 0.330 e. The number of hydroxylamine groups is 2. The van der Waals surface area contributed by atoms with E-state index in [1.165, 1.54) is 0 Å². The van der Waals surface area contributed by atoms with Gasteiger partial charge in [-0.05, 0) is 39.8 Å². The van der Waals surface area contributed by atoms with Gasteiger partial charge in [0.15, 0.2) is 0 Å². The average molecular weight is 355 g/mol. The van der Waals surface area contributed by atoms with Gasteiger partial charge in [-0.3, -0.25) is 4.79 Å². The topological polar surface area (TPSA) is 62.7 Å². The highest BCUT2D eigenvalue weighted by Crippen LogP contribution is 2.20. The van der Waals surface area contributed by atoms with Crippen LogP contribution in [0.3, 0.4) is 0 Å². The fourth-order valence-corrected chi connectivity index (χ4v) is 2.90. The molecule has 6 nitrogen and oxygen atoms in total. The van der Waals surface area contributed by atoms with Crippen molar-refractivity contribution in [3.8, 4) is 0 Å². The summed E-state index contributed by atoms with van der Waals surface area (Å²) in [6.45, 7) is 8.90. The summed E-state index contributed by atoms with van der Waals surface area (Å²) in [5.74, 6) is -0.356. The number of benzene rings is 1. The molecular formula is C20H25N3O3. The van der Waals surface area contributed by atoms with Crippen LogP contribution in [0, 0.1) is 5.41 Å². The Labute approximate surface area is 153 Å². The number of rotatable bonds is 2. The number of carbonyl (C=O) groups excluding carboxylic acids is 2. The Morgan fingerprint density at radius 3 is 2.54 bits per heavy atom. The first-order valence-electron chi connectivity index (χ1n) is 8.90. The molecule has 0 saturated carbocycles. The SMILES string of the molecule is C[C@@H]1CN(OC(=O)C(C)(C)C)CCN1C(=O)c1ccc2ccccc2n1. The molecular weight excluding hydrogens is 330 g/mol. The molecule has 1 aromatic carbocycles. The van der Waals surface area contributed by atoms with Crippen molar-refractivity contribution < 1.29 is 14.4 Å². The monoisotopic (exact) mass is 355 g/mol. The fraction of sp³-hybridized carbons (Fsp3) is 0.450. The van der Waals surface area contributed by atoms with Gasteiger partial charge in [0.25, 0.3) is 5.91 Å². The molecule has 26 heavy (non-hydrogen) atoms. The first kappa shape index (κ1) is 18.3. The van der Waals surface area contributed by atoms with Gasteiger partial charge < -0.3 is 9.74 Å². The summed E-state index contributed by atoms with van der Waals surface area (Å²) in [5, 5.41) is 2.66. The van der Waals surface area contributed by atoms with E-state index < -0.39 is 5.41 Å². The van der Waals surface area contributed by atoms with Crippen LogP contribution < -0.4 is 0 Å². The summed E-state index contributed by atoms with van der Waals surface area (Å²) in [5.41, 5.74) is 0.699. The molecule has 0 radical (unpaired) electrons. The van der Waals surface area contributed by atoms with Crippen LogP contribution >= 0.6 is 0 Å². The first-order valence-corrected chi connectivity index (χ1v) is 8.90. The zero-order valence-corrected chi connectivity index (χ0v) is 15.7. The van der Waals surface area contributed by atoms with Crippen LogP contribution in [0.4, 0.5) is 0 Å². The third-order valence-electron chi connectivity index (χ3n) is 4.49. The third kappa shape index (κ3) is 3.85. The number of para-hydroxylation sites is 1. The number of fused-ring (bicyclic) bond motifs is 1. The number of amides is 1. The highest BCUT2D eigenvalue weighted by atomic mass is 16.7. The summed E-state index contributed by atoms with van der Waals surface area (Å²) in [6.07, 6.45) is 0. The molecule has 0 bridgehead atoms. The van der Waals surface area contributed by atoms with Crippen molar-refractivity contribution in [1.29, 1.82) is 0 Å². The molecule has 1 fully saturated rings. The maximum atomic E-state index is 12.9. The van der Waals surface area contributed by atoms with E-state index >= 15 is 0 Å². The van der Waals surface area contributed by atoms with E-state index in [2.05, 4.69) is 4.98 Å². The van der Waals surface area contributed by atoms with Gasteiger partial charge >= 0.3 is 5.97 Å². The van der Waals surface area contributed by atoms with Gasteiger partial charge in [-0.1, -0.05) is 24.3 Å². The van der Waals surface area contributed by atoms with Crippen molar-refractivity contribution in [1.82, 2.24) is 14.9 Å². The highest BCUT2D eigenvalue weighted by Gasteiger charge is 2.33. The molecule has 2 aromatic rings. The molecule has 0 unspecified atom stereocenters. The quantitative estimate of drug-likeness (QED) is 0.829. The van der Waals surface area contributed by atoms with Crippen molar-refractivity contribution in [3.63, 3.8) is 0 Å². The van der Waals surface area contributed by atoms with Crippen LogP contribution in [0.25, 0.3) is 10.9 Å². The van der Waals surface area contributed by atoms with Gasteiger partial charge in [0.05, 0.1) is 24.0 Å². The van der Waals surface area contributed by atoms with Crippen LogP contribution in [0.1, 0.15) is 38.2 Å². The van der Waals surface area contributed by atoms with E-state index in [4.69, 9.17) is 4.84 Å². The summed E-state index contributed by atoms with van der Waals surface area (Å²) in [7, 11) is 0. The Balaban J connectivity index is 1.68. The molecule has 1 atom stereocenters. The Bertz CT molecular complexity index is 828. The molecule has 1 saturated heterocycles. The van der Waals surface area contributed by atoms with E-state index in [0.717, 1.165) is 10.9 Å². The lowest BCUT2D eigenvalue weighted by atomic mass is 9.98. The lowest BCUT2D eigenvalue weighted by Crippen LogP contribution is -2.54. The molecule has 1 aliphatic rings. The molecule has 1 amide bonds. The van der Waals surface area contributed by atoms with Crippen LogP contribution in [-0.2, 0) is 9.63 Å². The Hall–Kier alpha value is -2.47. The number of hydrogen-bond donors (Lipinski definition) is 0. The maximum absolute atomic E-state index is 12.9. The van der Waals surface area contributed by atoms with E-state index in [1.807, 2.05) is 58.0 Å². The highest BCUT2D eigenvalue weighted by molar-refractivity contribution is 5.95. The van der Waals surface area contributed by atoms with Crippen molar-refractivity contribution in [2.45, 2.75) is 33.7 Å². The largest absolute Gasteiger partial charge is 0.367 e. The number of aromatic nitrogens is 1. The number of piperazine rings is 1. The predicted molar refractivity (Wildman–Crippen MR) is 99.4 cm³/mol. The minimum Gasteiger partial charge on any atom is -0.367 e. The van der Waals surface area contributed by atoms with Gasteiger partial charge in [0.2, 0.25) is 0 Å². The average Bonchev–Trinajstić information content (AvgIpc) is 2.60. The minimum atomic E-state index is -0.550. The lowest BCUT2D eigenvalue weighted by Gasteiger charge is -2.39. The second-order valence-corrected chi connectivity index (χ2v) is 7.75. The number of pyridine rings is 1. The van der Waals surface area contributed by atoms with E-state index in [-0.39, 0.29) is 17.9 Å². The fourth-order valence-electron chi connectivity index (χ4n) is 2.90. The van der Waals surface area contributed by atoms with Gasteiger partial charge in [-0.2, -0.15) is 0 Å². The predicted octanol–water partition coefficient (Wildman–Crippen LogP) is 2.89. The Morgan fingerprint density at radius 1 is 1.12 bits per heavy atom. The van der Waals surface area contributed by atoms with Crippen LogP contribution in [0.15, 0.2) is 36.4 Å². The Kier molecular flexibility index (Phi) is 4.96. The molecule has 138 valence electrons. The van der Waals surface area contributed by atoms with Crippen molar-refractivity contribution in [2.24, 2.45) is 5.41 Å². The molecule has 3 rings (SSSR count). The summed E-state index contributed by atoms with van der Waals surface area (Å²) < 4.78 is 0. The van der Waals surface area contributed by atoms with Crippen molar-refractivity contribution >= 4 is 22.8 Å². The minimum absolute atomic E-state index is 0.0720. The first-order chi connectivity index (χ1) is 12.3. The van der Waals surface area contributed by atoms with Gasteiger partial charge in [0.1, 0.15) is 5.69 Å². The second-order valence-electron chi connectivity index (χ2n) is 7.75. The molecule has 1 aromatic heterocycles. The normalized spacial score (nSPS) is 18.8. The maximum Gasteiger partial charge on any atom is 0.330 e. The molecule has 0 aliphatic carbocycles. The third-order valence-corrected chi connectivity index (χ3v) is 4.49. The molecule has 6 heteroatoms. The number of nitrogens with zero attached hydrogens (tertiary/aromatic N) is 3. The zero-order chi connectivity index (χ0) is 18.9. The number of carbonyl (C=O) groups is 2. The molecule has 2 heterocycles. The summed E-state index contributed by atoms with van der Waals surface area (Å²) in [6, 6.07) is 11.4. The van der Waals surface area contributed by atoms with Gasteiger partial charge in [0, 0.05) is 18.0 Å². The van der Waals surface area contributed by atoms with E-state index in [0.29, 0.717) is 25.3 Å². The Morgan fingerprint density at radius 2 is 1.85 bits per heavy atom. The summed E-state index contributed by atoms with van der Waals surface area (Å²) in [4.78, 5) is 36.7. The molecule has 0 spiro atoms. The standard InChI is InChI=1S/C20H25N3O3/c1-14-13-22(26-19(25)20(2,3)4)11-12-23(14)18(24)17-10-9-15-7-5-6-8-16(15)21-17/h5-10,14H,11-13H2,1-4H3/t14-/m1/s1. The van der Waals surface area contributed by atoms with E-state index in [1.54, 1.807) is 16.0 Å². The van der Waals surface area contributed by atoms with Gasteiger partial charge in [-0.25, -0.2) is 9.78 Å². The summed E-state index contributed by atoms with van der Waals surface area (Å²) >= 11 is 0.